The molecule has 112 valence electrons. The van der Waals surface area contributed by atoms with E-state index in [0.29, 0.717) is 12.1 Å². The normalized spacial score (nSPS) is 20.8. The fraction of sp³-hybridized carbons (Fsp3) is 0.733. The van der Waals surface area contributed by atoms with Gasteiger partial charge in [0, 0.05) is 13.6 Å². The van der Waals surface area contributed by atoms with E-state index in [1.54, 1.807) is 4.68 Å². The molecule has 0 spiro atoms. The highest BCUT2D eigenvalue weighted by Gasteiger charge is 2.21. The van der Waals surface area contributed by atoms with Crippen LogP contribution >= 0.6 is 0 Å². The molecule has 0 saturated carbocycles. The van der Waals surface area contributed by atoms with E-state index in [1.807, 2.05) is 7.05 Å². The summed E-state index contributed by atoms with van der Waals surface area (Å²) in [7, 11) is 1.82. The van der Waals surface area contributed by atoms with Crippen LogP contribution in [0.5, 0.6) is 0 Å². The third-order valence-electron chi connectivity index (χ3n) is 4.30. The lowest BCUT2D eigenvalue weighted by Crippen LogP contribution is -2.26. The predicted octanol–water partition coefficient (Wildman–Crippen LogP) is 2.52. The van der Waals surface area contributed by atoms with Crippen LogP contribution in [0.1, 0.15) is 55.1 Å². The number of likely N-dealkylation sites (tertiary alicyclic amines) is 1. The summed E-state index contributed by atoms with van der Waals surface area (Å²) in [5.41, 5.74) is 1.15. The average Bonchev–Trinajstić information content (AvgIpc) is 2.63. The fourth-order valence-corrected chi connectivity index (χ4v) is 3.12. The van der Waals surface area contributed by atoms with Gasteiger partial charge in [-0.05, 0) is 38.3 Å². The molecule has 2 heterocycles. The number of rotatable bonds is 5. The van der Waals surface area contributed by atoms with Crippen molar-refractivity contribution in [2.24, 2.45) is 13.0 Å². The summed E-state index contributed by atoms with van der Waals surface area (Å²) in [4.78, 5) is 13.6. The number of nitrogens with zero attached hydrogens (tertiary/aromatic N) is 3. The van der Waals surface area contributed by atoms with Gasteiger partial charge in [0.1, 0.15) is 5.56 Å². The van der Waals surface area contributed by atoms with E-state index in [-0.39, 0.29) is 0 Å². The minimum Gasteiger partial charge on any atom is -0.478 e. The molecule has 1 atom stereocenters. The van der Waals surface area contributed by atoms with Gasteiger partial charge in [-0.3, -0.25) is 9.58 Å². The Bertz CT molecular complexity index is 456. The van der Waals surface area contributed by atoms with Crippen LogP contribution in [0.3, 0.4) is 0 Å². The maximum absolute atomic E-state index is 11.2. The Morgan fingerprint density at radius 2 is 2.25 bits per heavy atom. The number of carboxylic acids is 1. The first-order valence-electron chi connectivity index (χ1n) is 7.58. The van der Waals surface area contributed by atoms with Crippen molar-refractivity contribution in [1.82, 2.24) is 14.7 Å². The second kappa shape index (κ2) is 6.88. The van der Waals surface area contributed by atoms with Crippen molar-refractivity contribution in [3.05, 3.63) is 17.5 Å². The highest BCUT2D eigenvalue weighted by atomic mass is 16.4. The zero-order chi connectivity index (χ0) is 14.5. The van der Waals surface area contributed by atoms with Crippen LogP contribution in [-0.2, 0) is 13.6 Å². The van der Waals surface area contributed by atoms with E-state index >= 15 is 0 Å². The molecule has 5 heteroatoms. The molecule has 0 aromatic carbocycles. The zero-order valence-electron chi connectivity index (χ0n) is 12.5. The third-order valence-corrected chi connectivity index (χ3v) is 4.30. The molecule has 1 aliphatic heterocycles. The second-order valence-electron chi connectivity index (χ2n) is 5.80. The molecule has 1 aliphatic rings. The molecule has 1 fully saturated rings. The number of aryl methyl sites for hydroxylation is 1. The Balaban J connectivity index is 2.00. The summed E-state index contributed by atoms with van der Waals surface area (Å²) in [5, 5.41) is 13.3. The minimum absolute atomic E-state index is 0.335. The van der Waals surface area contributed by atoms with Gasteiger partial charge in [-0.1, -0.05) is 19.8 Å². The maximum Gasteiger partial charge on any atom is 0.339 e. The van der Waals surface area contributed by atoms with Crippen LogP contribution in [0, 0.1) is 5.92 Å². The van der Waals surface area contributed by atoms with E-state index in [9.17, 15) is 9.90 Å². The van der Waals surface area contributed by atoms with Crippen LogP contribution in [0.25, 0.3) is 0 Å². The molecule has 5 nitrogen and oxygen atoms in total. The highest BCUT2D eigenvalue weighted by Crippen LogP contribution is 2.23. The molecular weight excluding hydrogens is 254 g/mol. The van der Waals surface area contributed by atoms with Crippen LogP contribution in [-0.4, -0.2) is 38.8 Å². The van der Waals surface area contributed by atoms with Gasteiger partial charge in [-0.25, -0.2) is 4.79 Å². The van der Waals surface area contributed by atoms with E-state index < -0.39 is 5.97 Å². The molecular formula is C15H25N3O2. The lowest BCUT2D eigenvalue weighted by atomic mass is 9.96. The number of carbonyl (C=O) groups is 1. The van der Waals surface area contributed by atoms with Crippen LogP contribution < -0.4 is 0 Å². The first-order chi connectivity index (χ1) is 9.61. The first kappa shape index (κ1) is 15.0. The molecule has 1 saturated heterocycles. The molecule has 1 aromatic heterocycles. The van der Waals surface area contributed by atoms with Gasteiger partial charge in [-0.2, -0.15) is 5.10 Å². The van der Waals surface area contributed by atoms with Gasteiger partial charge in [0.15, 0.2) is 0 Å². The molecule has 0 radical (unpaired) electrons. The van der Waals surface area contributed by atoms with Crippen molar-refractivity contribution >= 4 is 5.97 Å². The van der Waals surface area contributed by atoms with E-state index in [1.165, 1.54) is 38.3 Å². The minimum atomic E-state index is -0.883. The lowest BCUT2D eigenvalue weighted by Gasteiger charge is -2.20. The topological polar surface area (TPSA) is 58.4 Å². The summed E-state index contributed by atoms with van der Waals surface area (Å²) in [6.07, 6.45) is 7.78. The first-order valence-corrected chi connectivity index (χ1v) is 7.58. The summed E-state index contributed by atoms with van der Waals surface area (Å²) < 4.78 is 1.69. The van der Waals surface area contributed by atoms with E-state index in [0.717, 1.165) is 24.7 Å². The molecule has 20 heavy (non-hydrogen) atoms. The van der Waals surface area contributed by atoms with Gasteiger partial charge in [-0.15, -0.1) is 0 Å². The fourth-order valence-electron chi connectivity index (χ4n) is 3.12. The Morgan fingerprint density at radius 1 is 1.45 bits per heavy atom. The molecule has 0 bridgehead atoms. The number of aromatic carboxylic acids is 1. The number of aromatic nitrogens is 2. The second-order valence-corrected chi connectivity index (χ2v) is 5.80. The number of hydrogen-bond acceptors (Lipinski definition) is 3. The maximum atomic E-state index is 11.2. The molecule has 1 unspecified atom stereocenters. The predicted molar refractivity (Wildman–Crippen MR) is 77.7 cm³/mol. The average molecular weight is 279 g/mol. The van der Waals surface area contributed by atoms with Crippen molar-refractivity contribution in [3.63, 3.8) is 0 Å². The number of hydrogen-bond donors (Lipinski definition) is 1. The van der Waals surface area contributed by atoms with E-state index in [2.05, 4.69) is 16.9 Å². The Morgan fingerprint density at radius 3 is 2.95 bits per heavy atom. The van der Waals surface area contributed by atoms with Crippen molar-refractivity contribution < 1.29 is 9.90 Å². The quantitative estimate of drug-likeness (QED) is 0.899. The monoisotopic (exact) mass is 279 g/mol. The Hall–Kier alpha value is -1.36. The van der Waals surface area contributed by atoms with E-state index in [4.69, 9.17) is 0 Å². The van der Waals surface area contributed by atoms with Gasteiger partial charge in [0.25, 0.3) is 0 Å². The third kappa shape index (κ3) is 3.60. The Kier molecular flexibility index (Phi) is 5.17. The smallest absolute Gasteiger partial charge is 0.339 e. The summed E-state index contributed by atoms with van der Waals surface area (Å²) in [6, 6.07) is 0. The van der Waals surface area contributed by atoms with Crippen LogP contribution in [0.4, 0.5) is 0 Å². The summed E-state index contributed by atoms with van der Waals surface area (Å²) in [6.45, 7) is 5.06. The van der Waals surface area contributed by atoms with Crippen molar-refractivity contribution in [2.45, 2.75) is 45.6 Å². The summed E-state index contributed by atoms with van der Waals surface area (Å²) in [5.74, 6) is -0.0396. The van der Waals surface area contributed by atoms with Gasteiger partial charge >= 0.3 is 5.97 Å². The molecule has 2 rings (SSSR count). The molecule has 0 aliphatic carbocycles. The highest BCUT2D eigenvalue weighted by molar-refractivity contribution is 5.88. The molecule has 0 amide bonds. The standard InChI is InChI=1S/C15H25N3O2/c1-3-5-12-6-4-8-18(9-7-12)11-14-13(15(19)20)10-16-17(14)2/h10,12H,3-9,11H2,1-2H3,(H,19,20). The van der Waals surface area contributed by atoms with Gasteiger partial charge < -0.3 is 5.11 Å². The van der Waals surface area contributed by atoms with Crippen LogP contribution in [0.15, 0.2) is 6.20 Å². The lowest BCUT2D eigenvalue weighted by molar-refractivity contribution is 0.0694. The largest absolute Gasteiger partial charge is 0.478 e. The van der Waals surface area contributed by atoms with Crippen molar-refractivity contribution in [2.75, 3.05) is 13.1 Å². The van der Waals surface area contributed by atoms with Gasteiger partial charge in [0.2, 0.25) is 0 Å². The summed E-state index contributed by atoms with van der Waals surface area (Å²) >= 11 is 0. The zero-order valence-corrected chi connectivity index (χ0v) is 12.5. The Labute approximate surface area is 120 Å². The SMILES string of the molecule is CCCC1CCCN(Cc2c(C(=O)O)cnn2C)CC1. The van der Waals surface area contributed by atoms with Crippen molar-refractivity contribution in [3.8, 4) is 0 Å². The van der Waals surface area contributed by atoms with Gasteiger partial charge in [0.05, 0.1) is 11.9 Å². The molecule has 1 aromatic rings. The van der Waals surface area contributed by atoms with Crippen molar-refractivity contribution in [1.29, 1.82) is 0 Å². The number of carboxylic acid groups (broad SMARTS) is 1. The van der Waals surface area contributed by atoms with Crippen LogP contribution in [0.2, 0.25) is 0 Å². The molecule has 1 N–H and O–H groups in total.